The van der Waals surface area contributed by atoms with Crippen molar-refractivity contribution in [2.75, 3.05) is 13.2 Å². The molecule has 0 aromatic heterocycles. The van der Waals surface area contributed by atoms with Gasteiger partial charge in [0.15, 0.2) is 0 Å². The predicted octanol–water partition coefficient (Wildman–Crippen LogP) is 3.09. The minimum Gasteiger partial charge on any atom is -0.458 e. The Balaban J connectivity index is 2.70. The Hall–Kier alpha value is -7.00. The molecule has 0 saturated carbocycles. The first-order chi connectivity index (χ1) is 35.2. The number of hydrogen-bond acceptors (Lipinski definition) is 13. The van der Waals surface area contributed by atoms with Crippen molar-refractivity contribution in [3.8, 4) is 0 Å². The van der Waals surface area contributed by atoms with Gasteiger partial charge in [-0.15, -0.1) is 0 Å². The Morgan fingerprint density at radius 1 is 0.773 bits per heavy atom. The average molecular weight is 1050 g/mol. The van der Waals surface area contributed by atoms with Crippen LogP contribution in [-0.2, 0) is 59.0 Å². The molecule has 0 aliphatic carbocycles. The first-order valence-corrected chi connectivity index (χ1v) is 25.7. The number of carbonyl (C=O) groups excluding carboxylic acids is 10. The smallest absolute Gasteiger partial charge is 0.408 e. The van der Waals surface area contributed by atoms with Gasteiger partial charge in [-0.1, -0.05) is 117 Å². The number of allylic oxidation sites excluding steroid dienone is 1. The molecule has 0 bridgehead atoms. The van der Waals surface area contributed by atoms with E-state index in [1.807, 2.05) is 0 Å². The van der Waals surface area contributed by atoms with Crippen molar-refractivity contribution >= 4 is 59.5 Å². The molecule has 1 aliphatic rings. The number of hydrogen-bond donors (Lipinski definition) is 9. The third kappa shape index (κ3) is 21.4. The van der Waals surface area contributed by atoms with Crippen molar-refractivity contribution in [2.45, 2.75) is 176 Å². The van der Waals surface area contributed by atoms with Gasteiger partial charge in [-0.05, 0) is 76.7 Å². The van der Waals surface area contributed by atoms with E-state index in [1.165, 1.54) is 26.0 Å². The van der Waals surface area contributed by atoms with E-state index in [9.17, 15) is 47.9 Å². The molecule has 10 atom stereocenters. The van der Waals surface area contributed by atoms with Gasteiger partial charge in [0.25, 0.3) is 5.91 Å². The highest BCUT2D eigenvalue weighted by atomic mass is 16.6. The second-order valence-corrected chi connectivity index (χ2v) is 20.4. The summed E-state index contributed by atoms with van der Waals surface area (Å²) in [6, 6.07) is -0.855. The van der Waals surface area contributed by atoms with E-state index in [-0.39, 0.29) is 38.1 Å². The fourth-order valence-corrected chi connectivity index (χ4v) is 7.56. The number of alkyl carbamates (subject to hydrolysis) is 2. The Bertz CT molecular complexity index is 2180. The summed E-state index contributed by atoms with van der Waals surface area (Å²) in [5.74, 6) is -9.27. The normalized spacial score (nSPS) is 22.6. The lowest BCUT2D eigenvalue weighted by atomic mass is 9.95. The Morgan fingerprint density at radius 3 is 1.95 bits per heavy atom. The van der Waals surface area contributed by atoms with Crippen LogP contribution in [0.25, 0.3) is 0 Å². The third-order valence-corrected chi connectivity index (χ3v) is 12.4. The maximum atomic E-state index is 14.7. The summed E-state index contributed by atoms with van der Waals surface area (Å²) in [4.78, 5) is 139. The Kier molecular flexibility index (Phi) is 26.5. The minimum atomic E-state index is -1.76. The molecule has 1 heterocycles. The van der Waals surface area contributed by atoms with Gasteiger partial charge in [0, 0.05) is 13.0 Å². The van der Waals surface area contributed by atoms with Crippen LogP contribution >= 0.6 is 0 Å². The first-order valence-electron chi connectivity index (χ1n) is 25.7. The summed E-state index contributed by atoms with van der Waals surface area (Å²) >= 11 is 0. The monoisotopic (exact) mass is 1050 g/mol. The van der Waals surface area contributed by atoms with Crippen LogP contribution in [0.4, 0.5) is 9.59 Å². The molecule has 1 saturated heterocycles. The summed E-state index contributed by atoms with van der Waals surface area (Å²) in [7, 11) is 0. The largest absolute Gasteiger partial charge is 0.458 e. The molecule has 22 nitrogen and oxygen atoms in total. The summed E-state index contributed by atoms with van der Waals surface area (Å²) in [5.41, 5.74) is -0.347. The van der Waals surface area contributed by atoms with E-state index >= 15 is 0 Å². The number of rotatable bonds is 19. The maximum Gasteiger partial charge on any atom is 0.408 e. The van der Waals surface area contributed by atoms with Gasteiger partial charge in [-0.3, -0.25) is 33.6 Å². The summed E-state index contributed by atoms with van der Waals surface area (Å²) in [6.07, 6.45) is 0.241. The van der Waals surface area contributed by atoms with Gasteiger partial charge in [-0.25, -0.2) is 14.4 Å². The number of cyclic esters (lactones) is 1. The minimum absolute atomic E-state index is 0.00779. The van der Waals surface area contributed by atoms with E-state index in [1.54, 1.807) is 106 Å². The van der Waals surface area contributed by atoms with Crippen LogP contribution in [0.3, 0.4) is 0 Å². The van der Waals surface area contributed by atoms with E-state index < -0.39 is 137 Å². The van der Waals surface area contributed by atoms with Crippen LogP contribution in [0.2, 0.25) is 0 Å². The number of amides is 9. The second-order valence-electron chi connectivity index (χ2n) is 20.4. The molecule has 0 spiro atoms. The van der Waals surface area contributed by atoms with Crippen molar-refractivity contribution in [2.24, 2.45) is 23.7 Å². The molecule has 1 aliphatic heterocycles. The van der Waals surface area contributed by atoms with Crippen LogP contribution in [0.15, 0.2) is 54.8 Å². The van der Waals surface area contributed by atoms with Crippen molar-refractivity contribution in [1.82, 2.24) is 47.9 Å². The van der Waals surface area contributed by atoms with E-state index in [0.29, 0.717) is 18.4 Å². The third-order valence-electron chi connectivity index (χ3n) is 12.4. The van der Waals surface area contributed by atoms with Gasteiger partial charge in [-0.2, -0.15) is 0 Å². The SMILES string of the molecule is C=CCOC(=O)N[C@@H](CCCNC(=O)OC(C)(C)C)C(=O)N[C@@H](C(=O)N[C@H]1C(=O)N[C@H]([C@@H](C)CC)C(=O)N[C@H](C(C)C)C(=O)N[C@@H](Cc2ccccc2)C(=O)N/C(=C\C)C(=O)N[C@@H](C(C)C)C(=O)O[C@@H]1C)[C@@H](C)CC. The van der Waals surface area contributed by atoms with Crippen LogP contribution in [0, 0.1) is 23.7 Å². The highest BCUT2D eigenvalue weighted by molar-refractivity contribution is 6.02. The second kappa shape index (κ2) is 31.0. The molecular formula is C53H83N9O13. The number of ether oxygens (including phenoxy) is 3. The highest BCUT2D eigenvalue weighted by Gasteiger charge is 2.41. The van der Waals surface area contributed by atoms with Crippen LogP contribution in [-0.4, -0.2) is 127 Å². The lowest BCUT2D eigenvalue weighted by molar-refractivity contribution is -0.157. The molecule has 1 fully saturated rings. The molecule has 22 heteroatoms. The van der Waals surface area contributed by atoms with Crippen molar-refractivity contribution in [1.29, 1.82) is 0 Å². The molecule has 1 aromatic rings. The van der Waals surface area contributed by atoms with E-state index in [2.05, 4.69) is 54.4 Å². The van der Waals surface area contributed by atoms with Gasteiger partial charge in [0.05, 0.1) is 0 Å². The summed E-state index contributed by atoms with van der Waals surface area (Å²) in [5, 5.41) is 23.8. The zero-order chi connectivity index (χ0) is 56.7. The number of nitrogens with one attached hydrogen (secondary N) is 9. The fraction of sp³-hybridized carbons (Fsp3) is 0.623. The van der Waals surface area contributed by atoms with E-state index in [4.69, 9.17) is 14.2 Å². The Morgan fingerprint density at radius 2 is 1.39 bits per heavy atom. The average Bonchev–Trinajstić information content (AvgIpc) is 3.34. The van der Waals surface area contributed by atoms with Crippen LogP contribution < -0.4 is 47.9 Å². The quantitative estimate of drug-likeness (QED) is 0.0317. The zero-order valence-electron chi connectivity index (χ0n) is 45.9. The molecule has 0 radical (unpaired) electrons. The predicted molar refractivity (Wildman–Crippen MR) is 280 cm³/mol. The van der Waals surface area contributed by atoms with Crippen LogP contribution in [0.1, 0.15) is 121 Å². The molecule has 1 aromatic carbocycles. The molecule has 2 rings (SSSR count). The Labute approximate surface area is 441 Å². The van der Waals surface area contributed by atoms with Gasteiger partial charge in [0.2, 0.25) is 35.4 Å². The number of carbonyl (C=O) groups is 10. The van der Waals surface area contributed by atoms with Crippen molar-refractivity contribution in [3.63, 3.8) is 0 Å². The van der Waals surface area contributed by atoms with E-state index in [0.717, 1.165) is 0 Å². The number of esters is 1. The molecular weight excluding hydrogens is 971 g/mol. The lowest BCUT2D eigenvalue weighted by Gasteiger charge is -2.33. The van der Waals surface area contributed by atoms with Crippen LogP contribution in [0.5, 0.6) is 0 Å². The molecule has 9 N–H and O–H groups in total. The molecule has 418 valence electrons. The topological polar surface area (TPSA) is 307 Å². The zero-order valence-corrected chi connectivity index (χ0v) is 45.9. The number of benzene rings is 1. The molecule has 0 unspecified atom stereocenters. The van der Waals surface area contributed by atoms with Crippen molar-refractivity contribution in [3.05, 3.63) is 60.3 Å². The van der Waals surface area contributed by atoms with Gasteiger partial charge in [0.1, 0.15) is 66.3 Å². The maximum absolute atomic E-state index is 14.7. The van der Waals surface area contributed by atoms with Gasteiger partial charge < -0.3 is 62.1 Å². The summed E-state index contributed by atoms with van der Waals surface area (Å²) < 4.78 is 16.2. The highest BCUT2D eigenvalue weighted by Crippen LogP contribution is 2.17. The summed E-state index contributed by atoms with van der Waals surface area (Å²) in [6.45, 7) is 24.8. The lowest BCUT2D eigenvalue weighted by Crippen LogP contribution is -2.64. The molecule has 9 amide bonds. The standard InChI is InChI=1S/C53H83N9O13/c1-15-27-73-52(72)57-36(25-22-26-54-51(71)75-53(12,13)14)44(64)60-40(31(9)16-2)48(68)62-42-33(11)74-50(70)39(30(7)8)59-43(63)35(18-4)55-45(65)37(28-34-23-20-19-21-24-34)56-46(66)38(29(5)6)58-47(67)41(32(10)17-3)61-49(42)69/h15,18-21,23-24,29-33,36-42H,1,16-17,22,25-28H2,2-14H3,(H,54,71)(H,55,65)(H,56,66)(H,57,72)(H,58,67)(H,59,63)(H,60,64)(H,61,69)(H,62,68)/b35-18-/t31-,32-,33+,36-,37-,38+,39-,40+,41+,42+/m0/s1. The van der Waals surface area contributed by atoms with Crippen molar-refractivity contribution < 1.29 is 62.2 Å². The molecule has 75 heavy (non-hydrogen) atoms. The van der Waals surface area contributed by atoms with Gasteiger partial charge >= 0.3 is 18.2 Å². The fourth-order valence-electron chi connectivity index (χ4n) is 7.56. The first kappa shape index (κ1) is 64.1.